The Morgan fingerprint density at radius 2 is 2.11 bits per heavy atom. The van der Waals surface area contributed by atoms with E-state index >= 15 is 0 Å². The van der Waals surface area contributed by atoms with Gasteiger partial charge in [-0.25, -0.2) is 4.79 Å². The third-order valence-corrected chi connectivity index (χ3v) is 4.39. The molecule has 2 heterocycles. The van der Waals surface area contributed by atoms with Crippen molar-refractivity contribution in [2.75, 3.05) is 0 Å². The lowest BCUT2D eigenvalue weighted by Gasteiger charge is -1.97. The van der Waals surface area contributed by atoms with Crippen molar-refractivity contribution in [3.63, 3.8) is 0 Å². The molecule has 0 aliphatic rings. The van der Waals surface area contributed by atoms with Gasteiger partial charge in [-0.15, -0.1) is 11.3 Å². The highest BCUT2D eigenvalue weighted by Gasteiger charge is 2.09. The number of hydrogen-bond donors (Lipinski definition) is 1. The summed E-state index contributed by atoms with van der Waals surface area (Å²) in [5.74, 6) is -0.974. The summed E-state index contributed by atoms with van der Waals surface area (Å²) in [4.78, 5) is 15.9. The minimum absolute atomic E-state index is 0.183. The molecule has 0 unspecified atom stereocenters. The standard InChI is InChI=1S/C14H8ClNO2S/c15-10-3-1-2-8-6-12(19-13(8)10)11-5-4-9(7-16-11)14(17)18/h1-7H,(H,17,18). The number of carboxylic acid groups (broad SMARTS) is 1. The van der Waals surface area contributed by atoms with Crippen LogP contribution in [0.5, 0.6) is 0 Å². The largest absolute Gasteiger partial charge is 0.478 e. The van der Waals surface area contributed by atoms with Gasteiger partial charge in [0.05, 0.1) is 25.9 Å². The molecule has 0 saturated heterocycles. The molecule has 0 radical (unpaired) electrons. The third-order valence-electron chi connectivity index (χ3n) is 2.76. The van der Waals surface area contributed by atoms with Crippen LogP contribution >= 0.6 is 22.9 Å². The molecule has 0 aliphatic heterocycles. The van der Waals surface area contributed by atoms with Gasteiger partial charge in [-0.3, -0.25) is 4.98 Å². The molecule has 2 aromatic heterocycles. The van der Waals surface area contributed by atoms with Crippen LogP contribution in [0.1, 0.15) is 10.4 Å². The Labute approximate surface area is 118 Å². The summed E-state index contributed by atoms with van der Waals surface area (Å²) < 4.78 is 1.02. The number of thiophene rings is 1. The fraction of sp³-hybridized carbons (Fsp3) is 0. The van der Waals surface area contributed by atoms with Gasteiger partial charge in [0.2, 0.25) is 0 Å². The predicted octanol–water partition coefficient (Wildman–Crippen LogP) is 4.31. The third kappa shape index (κ3) is 2.20. The maximum absolute atomic E-state index is 10.8. The molecule has 0 saturated carbocycles. The normalized spacial score (nSPS) is 10.8. The van der Waals surface area contributed by atoms with E-state index < -0.39 is 5.97 Å². The zero-order valence-corrected chi connectivity index (χ0v) is 11.2. The van der Waals surface area contributed by atoms with Gasteiger partial charge in [0.15, 0.2) is 0 Å². The van der Waals surface area contributed by atoms with Gasteiger partial charge >= 0.3 is 5.97 Å². The first-order chi connectivity index (χ1) is 9.15. The summed E-state index contributed by atoms with van der Waals surface area (Å²) in [5.41, 5.74) is 0.935. The van der Waals surface area contributed by atoms with Gasteiger partial charge in [-0.05, 0) is 29.7 Å². The predicted molar refractivity (Wildman–Crippen MR) is 77.0 cm³/mol. The molecule has 5 heteroatoms. The van der Waals surface area contributed by atoms with E-state index in [1.54, 1.807) is 23.5 Å². The van der Waals surface area contributed by atoms with E-state index in [4.69, 9.17) is 16.7 Å². The molecular weight excluding hydrogens is 282 g/mol. The molecule has 0 amide bonds. The fourth-order valence-electron chi connectivity index (χ4n) is 1.82. The van der Waals surface area contributed by atoms with E-state index in [2.05, 4.69) is 4.98 Å². The molecule has 0 spiro atoms. The highest BCUT2D eigenvalue weighted by molar-refractivity contribution is 7.22. The number of aromatic carboxylic acids is 1. The van der Waals surface area contributed by atoms with E-state index in [1.807, 2.05) is 24.3 Å². The summed E-state index contributed by atoms with van der Waals surface area (Å²) in [7, 11) is 0. The Hall–Kier alpha value is -1.91. The molecule has 19 heavy (non-hydrogen) atoms. The summed E-state index contributed by atoms with van der Waals surface area (Å²) in [5, 5.41) is 10.6. The van der Waals surface area contributed by atoms with Gasteiger partial charge in [0, 0.05) is 6.20 Å². The highest BCUT2D eigenvalue weighted by Crippen LogP contribution is 2.36. The fourth-order valence-corrected chi connectivity index (χ4v) is 3.16. The lowest BCUT2D eigenvalue weighted by molar-refractivity contribution is 0.0696. The number of hydrogen-bond acceptors (Lipinski definition) is 3. The topological polar surface area (TPSA) is 50.2 Å². The van der Waals surface area contributed by atoms with Crippen LogP contribution in [-0.2, 0) is 0 Å². The second kappa shape index (κ2) is 4.64. The van der Waals surface area contributed by atoms with Crippen molar-refractivity contribution in [2.45, 2.75) is 0 Å². The number of aromatic nitrogens is 1. The molecule has 0 fully saturated rings. The van der Waals surface area contributed by atoms with Crippen LogP contribution in [0.2, 0.25) is 5.02 Å². The average Bonchev–Trinajstić information content (AvgIpc) is 2.84. The molecule has 3 nitrogen and oxygen atoms in total. The van der Waals surface area contributed by atoms with Crippen LogP contribution in [-0.4, -0.2) is 16.1 Å². The number of benzene rings is 1. The van der Waals surface area contributed by atoms with Gasteiger partial charge in [0.25, 0.3) is 0 Å². The lowest BCUT2D eigenvalue weighted by Crippen LogP contribution is -1.96. The van der Waals surface area contributed by atoms with Crippen molar-refractivity contribution >= 4 is 39.0 Å². The average molecular weight is 290 g/mol. The van der Waals surface area contributed by atoms with Crippen LogP contribution in [0.25, 0.3) is 20.7 Å². The Morgan fingerprint density at radius 3 is 2.74 bits per heavy atom. The molecule has 0 atom stereocenters. The lowest BCUT2D eigenvalue weighted by atomic mass is 10.2. The van der Waals surface area contributed by atoms with E-state index in [0.717, 1.165) is 25.7 Å². The number of pyridine rings is 1. The number of carboxylic acids is 1. The van der Waals surface area contributed by atoms with E-state index in [1.165, 1.54) is 6.20 Å². The van der Waals surface area contributed by atoms with E-state index in [9.17, 15) is 4.79 Å². The number of fused-ring (bicyclic) bond motifs is 1. The first kappa shape index (κ1) is 12.1. The number of rotatable bonds is 2. The van der Waals surface area contributed by atoms with Crippen molar-refractivity contribution in [3.8, 4) is 10.6 Å². The molecular formula is C14H8ClNO2S. The van der Waals surface area contributed by atoms with Crippen molar-refractivity contribution in [1.82, 2.24) is 4.98 Å². The first-order valence-electron chi connectivity index (χ1n) is 5.53. The van der Waals surface area contributed by atoms with Crippen LogP contribution in [0, 0.1) is 0 Å². The minimum atomic E-state index is -0.974. The summed E-state index contributed by atoms with van der Waals surface area (Å²) in [6, 6.07) is 11.0. The molecule has 3 rings (SSSR count). The number of halogens is 1. The van der Waals surface area contributed by atoms with Gasteiger partial charge in [-0.1, -0.05) is 23.7 Å². The van der Waals surface area contributed by atoms with E-state index in [0.29, 0.717) is 0 Å². The zero-order chi connectivity index (χ0) is 13.4. The van der Waals surface area contributed by atoms with Gasteiger partial charge in [-0.2, -0.15) is 0 Å². The number of carbonyl (C=O) groups is 1. The van der Waals surface area contributed by atoms with Crippen LogP contribution in [0.15, 0.2) is 42.6 Å². The van der Waals surface area contributed by atoms with Crippen molar-refractivity contribution in [3.05, 3.63) is 53.2 Å². The quantitative estimate of drug-likeness (QED) is 0.764. The van der Waals surface area contributed by atoms with Crippen LogP contribution in [0.3, 0.4) is 0 Å². The molecule has 0 bridgehead atoms. The minimum Gasteiger partial charge on any atom is -0.478 e. The van der Waals surface area contributed by atoms with Crippen molar-refractivity contribution in [1.29, 1.82) is 0 Å². The first-order valence-corrected chi connectivity index (χ1v) is 6.72. The molecule has 1 N–H and O–H groups in total. The summed E-state index contributed by atoms with van der Waals surface area (Å²) in [6.45, 7) is 0. The Balaban J connectivity index is 2.09. The van der Waals surface area contributed by atoms with Crippen LogP contribution in [0.4, 0.5) is 0 Å². The maximum Gasteiger partial charge on any atom is 0.337 e. The van der Waals surface area contributed by atoms with E-state index in [-0.39, 0.29) is 5.56 Å². The monoisotopic (exact) mass is 289 g/mol. The van der Waals surface area contributed by atoms with Crippen molar-refractivity contribution in [2.24, 2.45) is 0 Å². The SMILES string of the molecule is O=C(O)c1ccc(-c2cc3cccc(Cl)c3s2)nc1. The Kier molecular flexibility index (Phi) is 2.97. The Bertz CT molecular complexity index is 765. The smallest absolute Gasteiger partial charge is 0.337 e. The van der Waals surface area contributed by atoms with Crippen molar-refractivity contribution < 1.29 is 9.90 Å². The summed E-state index contributed by atoms with van der Waals surface area (Å²) in [6.07, 6.45) is 1.36. The second-order valence-corrected chi connectivity index (χ2v) is 5.47. The molecule has 0 aliphatic carbocycles. The molecule has 3 aromatic rings. The number of nitrogens with zero attached hydrogens (tertiary/aromatic N) is 1. The van der Waals surface area contributed by atoms with Gasteiger partial charge < -0.3 is 5.11 Å². The van der Waals surface area contributed by atoms with Gasteiger partial charge in [0.1, 0.15) is 0 Å². The maximum atomic E-state index is 10.8. The summed E-state index contributed by atoms with van der Waals surface area (Å²) >= 11 is 7.69. The second-order valence-electron chi connectivity index (χ2n) is 4.01. The van der Waals surface area contributed by atoms with Crippen LogP contribution < -0.4 is 0 Å². The zero-order valence-electron chi connectivity index (χ0n) is 9.63. The highest BCUT2D eigenvalue weighted by atomic mass is 35.5. The molecule has 1 aromatic carbocycles. The molecule has 94 valence electrons. The Morgan fingerprint density at radius 1 is 1.26 bits per heavy atom.